The van der Waals surface area contributed by atoms with Gasteiger partial charge in [0.25, 0.3) is 0 Å². The molecule has 0 spiro atoms. The van der Waals surface area contributed by atoms with Crippen LogP contribution in [0.15, 0.2) is 30.3 Å². The highest BCUT2D eigenvalue weighted by Crippen LogP contribution is 2.41. The summed E-state index contributed by atoms with van der Waals surface area (Å²) in [4.78, 5) is 14.8. The van der Waals surface area contributed by atoms with Gasteiger partial charge >= 0.3 is 0 Å². The van der Waals surface area contributed by atoms with E-state index in [-0.39, 0.29) is 5.91 Å². The van der Waals surface area contributed by atoms with E-state index in [1.165, 1.54) is 12.8 Å². The molecule has 1 amide bonds. The van der Waals surface area contributed by atoms with Crippen molar-refractivity contribution in [2.45, 2.75) is 37.1 Å². The van der Waals surface area contributed by atoms with Crippen molar-refractivity contribution in [3.05, 3.63) is 35.9 Å². The summed E-state index contributed by atoms with van der Waals surface area (Å²) in [6.07, 6.45) is 4.06. The Kier molecular flexibility index (Phi) is 4.50. The highest BCUT2D eigenvalue weighted by molar-refractivity contribution is 5.87. The quantitative estimate of drug-likeness (QED) is 0.889. The van der Waals surface area contributed by atoms with Crippen molar-refractivity contribution in [2.24, 2.45) is 11.7 Å². The van der Waals surface area contributed by atoms with E-state index in [9.17, 15) is 4.79 Å². The zero-order chi connectivity index (χ0) is 15.6. The highest BCUT2D eigenvalue weighted by Gasteiger charge is 2.46. The Bertz CT molecular complexity index is 512. The van der Waals surface area contributed by atoms with Gasteiger partial charge in [0, 0.05) is 6.04 Å². The summed E-state index contributed by atoms with van der Waals surface area (Å²) in [5, 5.41) is 3.43. The van der Waals surface area contributed by atoms with Crippen LogP contribution in [0.3, 0.4) is 0 Å². The minimum absolute atomic E-state index is 0.161. The van der Waals surface area contributed by atoms with Gasteiger partial charge in [-0.15, -0.1) is 0 Å². The maximum atomic E-state index is 12.4. The second-order valence-corrected chi connectivity index (χ2v) is 6.90. The monoisotopic (exact) mass is 301 g/mol. The molecular formula is C18H27N3O. The van der Waals surface area contributed by atoms with Gasteiger partial charge in [-0.25, -0.2) is 0 Å². The number of benzene rings is 1. The Hall–Kier alpha value is -1.39. The van der Waals surface area contributed by atoms with Crippen molar-refractivity contribution in [2.75, 3.05) is 26.7 Å². The number of hydrogen-bond donors (Lipinski definition) is 2. The predicted molar refractivity (Wildman–Crippen MR) is 88.6 cm³/mol. The Morgan fingerprint density at radius 2 is 1.95 bits per heavy atom. The van der Waals surface area contributed by atoms with Gasteiger partial charge in [0.2, 0.25) is 5.91 Å². The average molecular weight is 301 g/mol. The lowest BCUT2D eigenvalue weighted by atomic mass is 9.67. The SMILES string of the molecule is CN1CCC(C(N)=O)(c2ccccc2)CC1C1CCNCC1. The van der Waals surface area contributed by atoms with E-state index in [1.54, 1.807) is 0 Å². The Labute approximate surface area is 133 Å². The van der Waals surface area contributed by atoms with Crippen LogP contribution in [0.1, 0.15) is 31.2 Å². The second kappa shape index (κ2) is 6.39. The Morgan fingerprint density at radius 1 is 1.27 bits per heavy atom. The summed E-state index contributed by atoms with van der Waals surface area (Å²) in [6, 6.07) is 10.6. The van der Waals surface area contributed by atoms with Crippen LogP contribution in [0.2, 0.25) is 0 Å². The summed E-state index contributed by atoms with van der Waals surface area (Å²) >= 11 is 0. The fourth-order valence-electron chi connectivity index (χ4n) is 4.29. The van der Waals surface area contributed by atoms with Gasteiger partial charge in [-0.3, -0.25) is 4.79 Å². The van der Waals surface area contributed by atoms with Crippen LogP contribution < -0.4 is 11.1 Å². The van der Waals surface area contributed by atoms with Gasteiger partial charge in [-0.1, -0.05) is 30.3 Å². The van der Waals surface area contributed by atoms with E-state index < -0.39 is 5.41 Å². The fraction of sp³-hybridized carbons (Fsp3) is 0.611. The zero-order valence-electron chi connectivity index (χ0n) is 13.4. The lowest BCUT2D eigenvalue weighted by Gasteiger charge is -2.47. The molecule has 3 rings (SSSR count). The number of likely N-dealkylation sites (tertiary alicyclic amines) is 1. The molecule has 4 heteroatoms. The second-order valence-electron chi connectivity index (χ2n) is 6.90. The number of amides is 1. The Morgan fingerprint density at radius 3 is 2.59 bits per heavy atom. The van der Waals surface area contributed by atoms with Crippen molar-refractivity contribution >= 4 is 5.91 Å². The van der Waals surface area contributed by atoms with Gasteiger partial charge in [0.15, 0.2) is 0 Å². The molecule has 2 atom stereocenters. The molecule has 2 aliphatic rings. The van der Waals surface area contributed by atoms with Crippen molar-refractivity contribution in [3.63, 3.8) is 0 Å². The smallest absolute Gasteiger partial charge is 0.228 e. The fourth-order valence-corrected chi connectivity index (χ4v) is 4.29. The van der Waals surface area contributed by atoms with E-state index in [1.807, 2.05) is 18.2 Å². The molecule has 1 aromatic rings. The molecule has 2 unspecified atom stereocenters. The number of carbonyl (C=O) groups excluding carboxylic acids is 1. The van der Waals surface area contributed by atoms with Gasteiger partial charge in [0.05, 0.1) is 5.41 Å². The van der Waals surface area contributed by atoms with Crippen LogP contribution in [0, 0.1) is 5.92 Å². The minimum atomic E-state index is -0.497. The molecule has 0 radical (unpaired) electrons. The van der Waals surface area contributed by atoms with E-state index in [4.69, 9.17) is 5.73 Å². The summed E-state index contributed by atoms with van der Waals surface area (Å²) in [7, 11) is 2.20. The largest absolute Gasteiger partial charge is 0.369 e. The van der Waals surface area contributed by atoms with Crippen LogP contribution in [0.25, 0.3) is 0 Å². The normalized spacial score (nSPS) is 31.0. The van der Waals surface area contributed by atoms with E-state index in [0.717, 1.165) is 38.0 Å². The molecule has 2 fully saturated rings. The third-order valence-electron chi connectivity index (χ3n) is 5.74. The van der Waals surface area contributed by atoms with Gasteiger partial charge in [-0.2, -0.15) is 0 Å². The molecule has 0 aliphatic carbocycles. The first kappa shape index (κ1) is 15.5. The number of piperidine rings is 2. The van der Waals surface area contributed by atoms with Crippen molar-refractivity contribution in [1.29, 1.82) is 0 Å². The molecule has 2 saturated heterocycles. The molecule has 0 bridgehead atoms. The number of nitrogens with zero attached hydrogens (tertiary/aromatic N) is 1. The summed E-state index contributed by atoms with van der Waals surface area (Å²) < 4.78 is 0. The van der Waals surface area contributed by atoms with Gasteiger partial charge < -0.3 is 16.0 Å². The lowest BCUT2D eigenvalue weighted by molar-refractivity contribution is -0.126. The minimum Gasteiger partial charge on any atom is -0.369 e. The highest BCUT2D eigenvalue weighted by atomic mass is 16.1. The number of hydrogen-bond acceptors (Lipinski definition) is 3. The molecule has 1 aromatic carbocycles. The summed E-state index contributed by atoms with van der Waals surface area (Å²) in [6.45, 7) is 3.11. The van der Waals surface area contributed by atoms with E-state index in [2.05, 4.69) is 29.4 Å². The number of nitrogens with one attached hydrogen (secondary N) is 1. The first-order chi connectivity index (χ1) is 10.6. The molecule has 2 heterocycles. The molecule has 3 N–H and O–H groups in total. The van der Waals surface area contributed by atoms with E-state index in [0.29, 0.717) is 12.0 Å². The Balaban J connectivity index is 1.89. The summed E-state index contributed by atoms with van der Waals surface area (Å²) in [5.41, 5.74) is 6.50. The topological polar surface area (TPSA) is 58.4 Å². The molecular weight excluding hydrogens is 274 g/mol. The van der Waals surface area contributed by atoms with Crippen LogP contribution >= 0.6 is 0 Å². The van der Waals surface area contributed by atoms with Crippen LogP contribution in [-0.4, -0.2) is 43.5 Å². The third-order valence-corrected chi connectivity index (χ3v) is 5.74. The maximum absolute atomic E-state index is 12.4. The molecule has 0 aromatic heterocycles. The first-order valence-electron chi connectivity index (χ1n) is 8.40. The van der Waals surface area contributed by atoms with Crippen LogP contribution in [0.4, 0.5) is 0 Å². The average Bonchev–Trinajstić information content (AvgIpc) is 2.57. The predicted octanol–water partition coefficient (Wildman–Crippen LogP) is 1.50. The standard InChI is InChI=1S/C18H27N3O/c1-21-12-9-18(17(19)22,15-5-3-2-4-6-15)13-16(21)14-7-10-20-11-8-14/h2-6,14,16,20H,7-13H2,1H3,(H2,19,22). The molecule has 22 heavy (non-hydrogen) atoms. The lowest BCUT2D eigenvalue weighted by Crippen LogP contribution is -2.56. The van der Waals surface area contributed by atoms with E-state index >= 15 is 0 Å². The van der Waals surface area contributed by atoms with Crippen molar-refractivity contribution in [1.82, 2.24) is 10.2 Å². The first-order valence-corrected chi connectivity index (χ1v) is 8.40. The van der Waals surface area contributed by atoms with Gasteiger partial charge in [0.1, 0.15) is 0 Å². The zero-order valence-corrected chi connectivity index (χ0v) is 13.4. The summed E-state index contributed by atoms with van der Waals surface area (Å²) in [5.74, 6) is 0.500. The number of primary amides is 1. The maximum Gasteiger partial charge on any atom is 0.228 e. The number of carbonyl (C=O) groups is 1. The van der Waals surface area contributed by atoms with Gasteiger partial charge in [-0.05, 0) is 63.8 Å². The number of nitrogens with two attached hydrogens (primary N) is 1. The molecule has 4 nitrogen and oxygen atoms in total. The molecule has 120 valence electrons. The van der Waals surface area contributed by atoms with Crippen molar-refractivity contribution in [3.8, 4) is 0 Å². The van der Waals surface area contributed by atoms with Crippen molar-refractivity contribution < 1.29 is 4.79 Å². The van der Waals surface area contributed by atoms with Crippen LogP contribution in [-0.2, 0) is 10.2 Å². The van der Waals surface area contributed by atoms with Crippen LogP contribution in [0.5, 0.6) is 0 Å². The third kappa shape index (κ3) is 2.77. The molecule has 2 aliphatic heterocycles. The molecule has 0 saturated carbocycles. The number of rotatable bonds is 3.